The zero-order valence-electron chi connectivity index (χ0n) is 19.2. The number of anilines is 1. The molecule has 0 aliphatic carbocycles. The van der Waals surface area contributed by atoms with Crippen molar-refractivity contribution in [3.63, 3.8) is 0 Å². The van der Waals surface area contributed by atoms with Gasteiger partial charge in [-0.2, -0.15) is 33.6 Å². The predicted octanol–water partition coefficient (Wildman–Crippen LogP) is 8.89. The molecule has 0 aliphatic rings. The van der Waals surface area contributed by atoms with Crippen molar-refractivity contribution >= 4 is 28.4 Å². The van der Waals surface area contributed by atoms with Gasteiger partial charge in [-0.3, -0.25) is 0 Å². The second-order valence-electron chi connectivity index (χ2n) is 7.93. The summed E-state index contributed by atoms with van der Waals surface area (Å²) in [5.41, 5.74) is 2.55. The van der Waals surface area contributed by atoms with Crippen molar-refractivity contribution in [1.29, 1.82) is 0 Å². The van der Waals surface area contributed by atoms with Crippen molar-refractivity contribution in [1.82, 2.24) is 0 Å². The van der Waals surface area contributed by atoms with Gasteiger partial charge in [-0.05, 0) is 85.6 Å². The normalized spacial score (nSPS) is 12.0. The van der Waals surface area contributed by atoms with E-state index in [0.29, 0.717) is 17.1 Å². The fourth-order valence-electron chi connectivity index (χ4n) is 3.18. The summed E-state index contributed by atoms with van der Waals surface area (Å²) in [6, 6.07) is 19.1. The van der Waals surface area contributed by atoms with Crippen LogP contribution in [0.5, 0.6) is 0 Å². The van der Waals surface area contributed by atoms with Crippen molar-refractivity contribution in [3.05, 3.63) is 78.4 Å². The fraction of sp³-hybridized carbons (Fsp3) is 0.308. The highest BCUT2D eigenvalue weighted by molar-refractivity contribution is 5.52. The van der Waals surface area contributed by atoms with Crippen LogP contribution in [-0.2, 0) is 6.18 Å². The van der Waals surface area contributed by atoms with Crippen LogP contribution in [0.2, 0.25) is 0 Å². The molecular weight excluding hydrogens is 455 g/mol. The van der Waals surface area contributed by atoms with Crippen LogP contribution in [0.15, 0.2) is 93.3 Å². The van der Waals surface area contributed by atoms with Crippen LogP contribution >= 0.6 is 0 Å². The van der Waals surface area contributed by atoms with Crippen molar-refractivity contribution in [3.8, 4) is 0 Å². The number of aliphatic hydroxyl groups excluding tert-OH is 1. The number of alkyl halides is 3. The Morgan fingerprint density at radius 1 is 0.571 bits per heavy atom. The van der Waals surface area contributed by atoms with Crippen LogP contribution in [0.3, 0.4) is 0 Å². The first-order valence-corrected chi connectivity index (χ1v) is 11.5. The number of hydrogen-bond donors (Lipinski definition) is 2. The Hall–Kier alpha value is -3.59. The lowest BCUT2D eigenvalue weighted by Gasteiger charge is -2.06. The molecule has 6 nitrogen and oxygen atoms in total. The number of nitrogens with one attached hydrogen (secondary N) is 1. The maximum atomic E-state index is 12.6. The summed E-state index contributed by atoms with van der Waals surface area (Å²) in [5.74, 6) is 0. The molecule has 0 radical (unpaired) electrons. The van der Waals surface area contributed by atoms with Crippen LogP contribution < -0.4 is 5.32 Å². The Morgan fingerprint density at radius 2 is 0.971 bits per heavy atom. The summed E-state index contributed by atoms with van der Waals surface area (Å²) in [6.45, 7) is 1.18. The van der Waals surface area contributed by atoms with Crippen LogP contribution in [-0.4, -0.2) is 18.3 Å². The Kier molecular flexibility index (Phi) is 9.92. The minimum Gasteiger partial charge on any atom is -0.396 e. The number of benzene rings is 3. The lowest BCUT2D eigenvalue weighted by Crippen LogP contribution is -2.03. The molecule has 184 valence electrons. The van der Waals surface area contributed by atoms with E-state index in [2.05, 4.69) is 25.8 Å². The summed E-state index contributed by atoms with van der Waals surface area (Å²) in [4.78, 5) is 0. The Bertz CT molecular complexity index is 1080. The quantitative estimate of drug-likeness (QED) is 0.199. The third kappa shape index (κ3) is 9.29. The maximum Gasteiger partial charge on any atom is 0.416 e. The average molecular weight is 484 g/mol. The number of nitrogens with zero attached hydrogens (tertiary/aromatic N) is 4. The molecule has 0 atom stereocenters. The zero-order valence-corrected chi connectivity index (χ0v) is 19.2. The van der Waals surface area contributed by atoms with Crippen molar-refractivity contribution in [2.45, 2.75) is 38.3 Å². The molecule has 3 rings (SSSR count). The molecule has 0 spiro atoms. The molecule has 0 saturated heterocycles. The minimum atomic E-state index is -4.37. The van der Waals surface area contributed by atoms with Crippen molar-refractivity contribution in [2.75, 3.05) is 18.5 Å². The maximum absolute atomic E-state index is 12.6. The molecule has 3 aromatic carbocycles. The second-order valence-corrected chi connectivity index (χ2v) is 7.93. The Labute approximate surface area is 202 Å². The summed E-state index contributed by atoms with van der Waals surface area (Å²) in [6.07, 6.45) is 0.961. The van der Waals surface area contributed by atoms with Crippen molar-refractivity contribution in [2.24, 2.45) is 20.5 Å². The van der Waals surface area contributed by atoms with Gasteiger partial charge >= 0.3 is 6.18 Å². The lowest BCUT2D eigenvalue weighted by atomic mass is 10.1. The lowest BCUT2D eigenvalue weighted by molar-refractivity contribution is -0.137. The van der Waals surface area contributed by atoms with Gasteiger partial charge in [0.15, 0.2) is 0 Å². The van der Waals surface area contributed by atoms with E-state index in [4.69, 9.17) is 5.11 Å². The van der Waals surface area contributed by atoms with E-state index in [9.17, 15) is 13.2 Å². The van der Waals surface area contributed by atoms with E-state index in [1.807, 2.05) is 24.3 Å². The predicted molar refractivity (Wildman–Crippen MR) is 131 cm³/mol. The first kappa shape index (κ1) is 26.0. The van der Waals surface area contributed by atoms with Gasteiger partial charge in [0.1, 0.15) is 0 Å². The first-order chi connectivity index (χ1) is 16.9. The number of unbranched alkanes of at least 4 members (excludes halogenated alkanes) is 4. The van der Waals surface area contributed by atoms with Crippen molar-refractivity contribution < 1.29 is 18.3 Å². The van der Waals surface area contributed by atoms with Gasteiger partial charge in [0.25, 0.3) is 0 Å². The molecule has 0 unspecified atom stereocenters. The third-order valence-corrected chi connectivity index (χ3v) is 5.14. The minimum absolute atomic E-state index is 0.272. The van der Waals surface area contributed by atoms with Gasteiger partial charge in [-0.1, -0.05) is 19.3 Å². The highest BCUT2D eigenvalue weighted by atomic mass is 19.4. The number of rotatable bonds is 12. The van der Waals surface area contributed by atoms with Crippen LogP contribution in [0.25, 0.3) is 0 Å². The van der Waals surface area contributed by atoms with Gasteiger partial charge in [0.05, 0.1) is 28.3 Å². The number of hydrogen-bond acceptors (Lipinski definition) is 6. The smallest absolute Gasteiger partial charge is 0.396 e. The van der Waals surface area contributed by atoms with E-state index >= 15 is 0 Å². The number of aliphatic hydroxyl groups is 1. The van der Waals surface area contributed by atoms with E-state index in [0.717, 1.165) is 62.2 Å². The van der Waals surface area contributed by atoms with E-state index < -0.39 is 11.7 Å². The molecule has 0 bridgehead atoms. The topological polar surface area (TPSA) is 81.7 Å². The summed E-state index contributed by atoms with van der Waals surface area (Å²) in [5, 5.41) is 28.6. The van der Waals surface area contributed by atoms with Crippen LogP contribution in [0.1, 0.15) is 37.7 Å². The summed E-state index contributed by atoms with van der Waals surface area (Å²) in [7, 11) is 0. The number of azo groups is 2. The Balaban J connectivity index is 1.45. The van der Waals surface area contributed by atoms with E-state index in [1.165, 1.54) is 12.1 Å². The van der Waals surface area contributed by atoms with Gasteiger partial charge in [-0.15, -0.1) is 0 Å². The fourth-order valence-corrected chi connectivity index (χ4v) is 3.18. The standard InChI is InChI=1S/C26H28F3N5O/c27-26(28,29)20-6-8-22(9-7-20)31-33-24-14-16-25(17-15-24)34-32-23-12-10-21(11-13-23)30-18-4-2-1-3-5-19-35/h6-17,30,35H,1-5,18-19H2. The average Bonchev–Trinajstić information content (AvgIpc) is 2.87. The molecule has 0 amide bonds. The van der Waals surface area contributed by atoms with Crippen LogP contribution in [0.4, 0.5) is 41.6 Å². The molecule has 0 aliphatic heterocycles. The molecular formula is C26H28F3N5O. The van der Waals surface area contributed by atoms with Gasteiger partial charge in [0, 0.05) is 18.8 Å². The summed E-state index contributed by atoms with van der Waals surface area (Å²) < 4.78 is 37.8. The second kappa shape index (κ2) is 13.3. The van der Waals surface area contributed by atoms with E-state index in [-0.39, 0.29) is 6.61 Å². The highest BCUT2D eigenvalue weighted by Crippen LogP contribution is 2.31. The molecule has 3 aromatic rings. The first-order valence-electron chi connectivity index (χ1n) is 11.5. The summed E-state index contributed by atoms with van der Waals surface area (Å²) >= 11 is 0. The Morgan fingerprint density at radius 3 is 1.43 bits per heavy atom. The van der Waals surface area contributed by atoms with E-state index in [1.54, 1.807) is 24.3 Å². The van der Waals surface area contributed by atoms with Crippen LogP contribution in [0, 0.1) is 0 Å². The molecule has 0 fully saturated rings. The third-order valence-electron chi connectivity index (χ3n) is 5.14. The molecule has 0 aromatic heterocycles. The largest absolute Gasteiger partial charge is 0.416 e. The molecule has 0 saturated carbocycles. The highest BCUT2D eigenvalue weighted by Gasteiger charge is 2.29. The van der Waals surface area contributed by atoms with Gasteiger partial charge in [0.2, 0.25) is 0 Å². The zero-order chi connectivity index (χ0) is 24.9. The molecule has 35 heavy (non-hydrogen) atoms. The molecule has 9 heteroatoms. The molecule has 2 N–H and O–H groups in total. The van der Waals surface area contributed by atoms with Gasteiger partial charge < -0.3 is 10.4 Å². The SMILES string of the molecule is OCCCCCCCNc1ccc(N=Nc2ccc(N=Nc3ccc(C(F)(F)F)cc3)cc2)cc1. The monoisotopic (exact) mass is 483 g/mol. The molecule has 0 heterocycles. The number of halogens is 3. The van der Waals surface area contributed by atoms with Gasteiger partial charge in [-0.25, -0.2) is 0 Å².